The van der Waals surface area contributed by atoms with Gasteiger partial charge in [0.15, 0.2) is 0 Å². The summed E-state index contributed by atoms with van der Waals surface area (Å²) in [6, 6.07) is 7.05. The highest BCUT2D eigenvalue weighted by Gasteiger charge is 2.25. The first-order chi connectivity index (χ1) is 12.4. The molecule has 0 fully saturated rings. The van der Waals surface area contributed by atoms with Crippen LogP contribution in [0.25, 0.3) is 0 Å². The zero-order valence-corrected chi connectivity index (χ0v) is 16.7. The lowest BCUT2D eigenvalue weighted by Gasteiger charge is -2.12. The number of nitrogens with one attached hydrogen (secondary N) is 1. The van der Waals surface area contributed by atoms with Crippen LogP contribution in [0, 0.1) is 6.92 Å². The number of benzene rings is 1. The van der Waals surface area contributed by atoms with E-state index in [2.05, 4.69) is 5.32 Å². The lowest BCUT2D eigenvalue weighted by Crippen LogP contribution is -2.18. The number of esters is 1. The molecule has 0 aliphatic heterocycles. The van der Waals surface area contributed by atoms with Crippen LogP contribution < -0.4 is 10.1 Å². The number of para-hydroxylation sites is 1. The first-order valence-electron chi connectivity index (χ1n) is 8.75. The third-order valence-corrected chi connectivity index (χ3v) is 4.83. The van der Waals surface area contributed by atoms with Crippen LogP contribution in [0.5, 0.6) is 5.75 Å². The summed E-state index contributed by atoms with van der Waals surface area (Å²) in [4.78, 5) is 26.3. The third kappa shape index (κ3) is 4.43. The Balaban J connectivity index is 2.37. The van der Waals surface area contributed by atoms with Crippen LogP contribution in [-0.2, 0) is 11.2 Å². The molecule has 0 bridgehead atoms. The maximum atomic E-state index is 12.8. The van der Waals surface area contributed by atoms with Gasteiger partial charge in [0.25, 0.3) is 5.91 Å². The van der Waals surface area contributed by atoms with Crippen molar-refractivity contribution < 1.29 is 19.1 Å². The predicted octanol–water partition coefficient (Wildman–Crippen LogP) is 4.84. The molecule has 1 N–H and O–H groups in total. The number of ether oxygens (including phenoxy) is 2. The molecule has 0 spiro atoms. The maximum Gasteiger partial charge on any atom is 0.341 e. The second-order valence-corrected chi connectivity index (χ2v) is 7.26. The Morgan fingerprint density at radius 3 is 2.50 bits per heavy atom. The minimum Gasteiger partial charge on any atom is -0.493 e. The average Bonchev–Trinajstić information content (AvgIpc) is 2.90. The van der Waals surface area contributed by atoms with E-state index in [0.717, 1.165) is 10.4 Å². The molecule has 1 amide bonds. The van der Waals surface area contributed by atoms with Crippen LogP contribution in [0.3, 0.4) is 0 Å². The largest absolute Gasteiger partial charge is 0.493 e. The Hall–Kier alpha value is -2.34. The number of carbonyl (C=O) groups is 2. The molecule has 0 aliphatic carbocycles. The number of hydrogen-bond donors (Lipinski definition) is 1. The van der Waals surface area contributed by atoms with E-state index < -0.39 is 5.97 Å². The van der Waals surface area contributed by atoms with E-state index >= 15 is 0 Å². The van der Waals surface area contributed by atoms with Gasteiger partial charge in [0.05, 0.1) is 23.8 Å². The summed E-state index contributed by atoms with van der Waals surface area (Å²) in [7, 11) is 0. The molecule has 0 radical (unpaired) electrons. The van der Waals surface area contributed by atoms with Crippen LogP contribution in [0.15, 0.2) is 24.3 Å². The summed E-state index contributed by atoms with van der Waals surface area (Å²) < 4.78 is 10.9. The zero-order chi connectivity index (χ0) is 19.3. The predicted molar refractivity (Wildman–Crippen MR) is 105 cm³/mol. The number of thiophene rings is 1. The van der Waals surface area contributed by atoms with Crippen molar-refractivity contribution in [1.82, 2.24) is 0 Å². The lowest BCUT2D eigenvalue weighted by molar-refractivity contribution is 0.0378. The summed E-state index contributed by atoms with van der Waals surface area (Å²) in [5, 5.41) is 3.39. The Kier molecular flexibility index (Phi) is 6.80. The van der Waals surface area contributed by atoms with Gasteiger partial charge in [-0.2, -0.15) is 0 Å². The van der Waals surface area contributed by atoms with E-state index in [4.69, 9.17) is 9.47 Å². The summed E-state index contributed by atoms with van der Waals surface area (Å²) in [5.74, 6) is -0.200. The minimum atomic E-state index is -0.408. The Morgan fingerprint density at radius 1 is 1.19 bits per heavy atom. The fourth-order valence-corrected chi connectivity index (χ4v) is 3.82. The van der Waals surface area contributed by atoms with Gasteiger partial charge < -0.3 is 14.8 Å². The van der Waals surface area contributed by atoms with Crippen LogP contribution >= 0.6 is 11.3 Å². The maximum absolute atomic E-state index is 12.8. The van der Waals surface area contributed by atoms with Gasteiger partial charge in [0, 0.05) is 4.88 Å². The molecule has 0 saturated carbocycles. The monoisotopic (exact) mass is 375 g/mol. The molecule has 1 aromatic carbocycles. The van der Waals surface area contributed by atoms with Gasteiger partial charge in [0.2, 0.25) is 0 Å². The van der Waals surface area contributed by atoms with Crippen molar-refractivity contribution >= 4 is 28.2 Å². The van der Waals surface area contributed by atoms with Crippen LogP contribution in [0.1, 0.15) is 58.9 Å². The van der Waals surface area contributed by atoms with E-state index in [9.17, 15) is 9.59 Å². The van der Waals surface area contributed by atoms with E-state index in [1.165, 1.54) is 11.3 Å². The SMILES string of the molecule is CCOc1ccccc1C(=O)Nc1sc(C)c(CC)c1C(=O)OC(C)C. The van der Waals surface area contributed by atoms with E-state index in [-0.39, 0.29) is 12.0 Å². The first kappa shape index (κ1) is 20.0. The Bertz CT molecular complexity index is 795. The highest BCUT2D eigenvalue weighted by molar-refractivity contribution is 7.16. The van der Waals surface area contributed by atoms with E-state index in [0.29, 0.717) is 34.9 Å². The molecule has 2 aromatic rings. The normalized spacial score (nSPS) is 10.7. The molecule has 0 saturated heterocycles. The van der Waals surface area contributed by atoms with Crippen molar-refractivity contribution in [2.24, 2.45) is 0 Å². The van der Waals surface area contributed by atoms with Gasteiger partial charge >= 0.3 is 5.97 Å². The lowest BCUT2D eigenvalue weighted by atomic mass is 10.1. The summed E-state index contributed by atoms with van der Waals surface area (Å²) in [5.41, 5.74) is 1.79. The van der Waals surface area contributed by atoms with Gasteiger partial charge in [-0.3, -0.25) is 4.79 Å². The highest BCUT2D eigenvalue weighted by Crippen LogP contribution is 2.35. The van der Waals surface area contributed by atoms with Crippen molar-refractivity contribution in [1.29, 1.82) is 0 Å². The topological polar surface area (TPSA) is 64.6 Å². The Morgan fingerprint density at radius 2 is 1.88 bits per heavy atom. The number of amides is 1. The number of carbonyl (C=O) groups excluding carboxylic acids is 2. The summed E-state index contributed by atoms with van der Waals surface area (Å²) in [6.45, 7) is 9.87. The van der Waals surface area contributed by atoms with Crippen molar-refractivity contribution in [3.8, 4) is 5.75 Å². The average molecular weight is 375 g/mol. The summed E-state index contributed by atoms with van der Waals surface area (Å²) in [6.07, 6.45) is 0.464. The zero-order valence-electron chi connectivity index (χ0n) is 15.8. The Labute approximate surface area is 158 Å². The quantitative estimate of drug-likeness (QED) is 0.704. The van der Waals surface area contributed by atoms with Crippen molar-refractivity contribution in [3.63, 3.8) is 0 Å². The van der Waals surface area contributed by atoms with Gasteiger partial charge in [-0.25, -0.2) is 4.79 Å². The van der Waals surface area contributed by atoms with Crippen molar-refractivity contribution in [2.75, 3.05) is 11.9 Å². The molecular weight excluding hydrogens is 350 g/mol. The molecular formula is C20H25NO4S. The number of hydrogen-bond acceptors (Lipinski definition) is 5. The molecule has 6 heteroatoms. The highest BCUT2D eigenvalue weighted by atomic mass is 32.1. The van der Waals surface area contributed by atoms with Crippen molar-refractivity contribution in [3.05, 3.63) is 45.8 Å². The molecule has 140 valence electrons. The van der Waals surface area contributed by atoms with Crippen LogP contribution in [-0.4, -0.2) is 24.6 Å². The standard InChI is InChI=1S/C20H25NO4S/c1-6-14-13(5)26-19(17(14)20(23)25-12(3)4)21-18(22)15-10-8-9-11-16(15)24-7-2/h8-12H,6-7H2,1-5H3,(H,21,22). The molecule has 0 aliphatic rings. The van der Waals surface area contributed by atoms with Gasteiger partial charge in [-0.15, -0.1) is 11.3 Å². The number of anilines is 1. The molecule has 0 unspecified atom stereocenters. The molecule has 26 heavy (non-hydrogen) atoms. The fourth-order valence-electron chi connectivity index (χ4n) is 2.69. The fraction of sp³-hybridized carbons (Fsp3) is 0.400. The van der Waals surface area contributed by atoms with Gasteiger partial charge in [-0.05, 0) is 51.8 Å². The second kappa shape index (κ2) is 8.85. The van der Waals surface area contributed by atoms with Crippen LogP contribution in [0.2, 0.25) is 0 Å². The van der Waals surface area contributed by atoms with Gasteiger partial charge in [0.1, 0.15) is 10.8 Å². The molecule has 1 aromatic heterocycles. The molecule has 0 atom stereocenters. The van der Waals surface area contributed by atoms with Crippen LogP contribution in [0.4, 0.5) is 5.00 Å². The molecule has 1 heterocycles. The van der Waals surface area contributed by atoms with Gasteiger partial charge in [-0.1, -0.05) is 19.1 Å². The van der Waals surface area contributed by atoms with E-state index in [1.54, 1.807) is 32.0 Å². The first-order valence-corrected chi connectivity index (χ1v) is 9.57. The smallest absolute Gasteiger partial charge is 0.341 e. The minimum absolute atomic E-state index is 0.227. The summed E-state index contributed by atoms with van der Waals surface area (Å²) >= 11 is 1.39. The molecule has 2 rings (SSSR count). The number of aryl methyl sites for hydroxylation is 1. The van der Waals surface area contributed by atoms with Crippen molar-refractivity contribution in [2.45, 2.75) is 47.1 Å². The number of rotatable bonds is 7. The second-order valence-electron chi connectivity index (χ2n) is 6.03. The van der Waals surface area contributed by atoms with E-state index in [1.807, 2.05) is 26.8 Å². The molecule has 5 nitrogen and oxygen atoms in total. The third-order valence-electron chi connectivity index (χ3n) is 3.77.